The van der Waals surface area contributed by atoms with Gasteiger partial charge in [-0.2, -0.15) is 0 Å². The number of benzene rings is 1. The maximum Gasteiger partial charge on any atom is 0.194 e. The number of aryl methyl sites for hydroxylation is 1. The fraction of sp³-hybridized carbons (Fsp3) is 0.455. The molecule has 1 fully saturated rings. The van der Waals surface area contributed by atoms with Gasteiger partial charge in [0.05, 0.1) is 12.2 Å². The third-order valence-corrected chi connectivity index (χ3v) is 4.80. The molecule has 8 heteroatoms. The van der Waals surface area contributed by atoms with Crippen LogP contribution in [-0.4, -0.2) is 60.2 Å². The number of aliphatic imine (C=N–C) groups is 1. The topological polar surface area (TPSA) is 66.1 Å². The number of hydrogen-bond acceptors (Lipinski definition) is 5. The molecule has 0 amide bonds. The molecule has 1 aliphatic heterocycles. The third kappa shape index (κ3) is 7.02. The number of piperazine rings is 1. The van der Waals surface area contributed by atoms with Gasteiger partial charge in [0, 0.05) is 50.9 Å². The summed E-state index contributed by atoms with van der Waals surface area (Å²) < 4.78 is 10.9. The summed E-state index contributed by atoms with van der Waals surface area (Å²) in [6.45, 7) is 14.3. The van der Waals surface area contributed by atoms with Crippen molar-refractivity contribution in [3.8, 4) is 5.75 Å². The zero-order valence-corrected chi connectivity index (χ0v) is 20.2. The molecule has 1 aromatic heterocycles. The van der Waals surface area contributed by atoms with Crippen LogP contribution < -0.4 is 10.1 Å². The quantitative estimate of drug-likeness (QED) is 0.247. The summed E-state index contributed by atoms with van der Waals surface area (Å²) in [5, 5.41) is 7.53. The number of ether oxygens (including phenoxy) is 1. The fourth-order valence-corrected chi connectivity index (χ4v) is 3.35. The molecule has 0 aliphatic carbocycles. The molecule has 3 rings (SSSR count). The summed E-state index contributed by atoms with van der Waals surface area (Å²) in [6, 6.07) is 10.0. The Labute approximate surface area is 196 Å². The monoisotopic (exact) mass is 525 g/mol. The molecule has 0 saturated carbocycles. The van der Waals surface area contributed by atoms with Crippen molar-refractivity contribution < 1.29 is 9.26 Å². The fourth-order valence-electron chi connectivity index (χ4n) is 3.35. The molecule has 1 N–H and O–H groups in total. The number of halogens is 1. The highest BCUT2D eigenvalue weighted by atomic mass is 127. The Morgan fingerprint density at radius 1 is 1.30 bits per heavy atom. The van der Waals surface area contributed by atoms with E-state index < -0.39 is 0 Å². The maximum atomic E-state index is 5.75. The van der Waals surface area contributed by atoms with Crippen molar-refractivity contribution in [2.75, 3.05) is 39.3 Å². The van der Waals surface area contributed by atoms with E-state index in [1.54, 1.807) is 6.08 Å². The molecule has 1 aliphatic rings. The second-order valence-corrected chi connectivity index (χ2v) is 7.07. The minimum Gasteiger partial charge on any atom is -0.489 e. The van der Waals surface area contributed by atoms with E-state index in [2.05, 4.69) is 39.8 Å². The Bertz CT molecular complexity index is 815. The van der Waals surface area contributed by atoms with Crippen molar-refractivity contribution in [3.05, 3.63) is 60.0 Å². The lowest BCUT2D eigenvalue weighted by atomic mass is 10.2. The Morgan fingerprint density at radius 2 is 2.07 bits per heavy atom. The van der Waals surface area contributed by atoms with Crippen molar-refractivity contribution in [1.29, 1.82) is 0 Å². The van der Waals surface area contributed by atoms with Gasteiger partial charge in [-0.3, -0.25) is 4.90 Å². The summed E-state index contributed by atoms with van der Waals surface area (Å²) >= 11 is 0. The van der Waals surface area contributed by atoms with Gasteiger partial charge in [-0.15, -0.1) is 24.0 Å². The van der Waals surface area contributed by atoms with Crippen LogP contribution >= 0.6 is 24.0 Å². The normalized spacial score (nSPS) is 14.9. The average molecular weight is 525 g/mol. The van der Waals surface area contributed by atoms with Crippen LogP contribution in [0.2, 0.25) is 0 Å². The number of aromatic nitrogens is 1. The molecule has 0 unspecified atom stereocenters. The van der Waals surface area contributed by atoms with Gasteiger partial charge in [0.25, 0.3) is 0 Å². The second kappa shape index (κ2) is 12.6. The SMILES string of the molecule is C=CCOc1ccccc1CN=C(NCC)N1CCN(Cc2cc(C)on2)CC1.I. The first kappa shape index (κ1) is 24.2. The highest BCUT2D eigenvalue weighted by Crippen LogP contribution is 2.19. The van der Waals surface area contributed by atoms with Crippen molar-refractivity contribution in [1.82, 2.24) is 20.3 Å². The predicted molar refractivity (Wildman–Crippen MR) is 130 cm³/mol. The summed E-state index contributed by atoms with van der Waals surface area (Å²) in [5.74, 6) is 2.67. The van der Waals surface area contributed by atoms with E-state index in [0.29, 0.717) is 13.2 Å². The van der Waals surface area contributed by atoms with Gasteiger partial charge in [0.2, 0.25) is 0 Å². The van der Waals surface area contributed by atoms with Gasteiger partial charge < -0.3 is 19.5 Å². The number of rotatable bonds is 8. The summed E-state index contributed by atoms with van der Waals surface area (Å²) in [5.41, 5.74) is 2.07. The third-order valence-electron chi connectivity index (χ3n) is 4.80. The zero-order chi connectivity index (χ0) is 20.5. The van der Waals surface area contributed by atoms with E-state index in [0.717, 1.165) is 68.0 Å². The molecule has 0 atom stereocenters. The van der Waals surface area contributed by atoms with Gasteiger partial charge >= 0.3 is 0 Å². The molecule has 2 aromatic rings. The Morgan fingerprint density at radius 3 is 2.73 bits per heavy atom. The minimum atomic E-state index is 0. The van der Waals surface area contributed by atoms with Gasteiger partial charge in [0.1, 0.15) is 18.1 Å². The number of guanidine groups is 1. The van der Waals surface area contributed by atoms with Crippen LogP contribution in [0.15, 0.2) is 52.5 Å². The Balaban J connectivity index is 0.00000320. The van der Waals surface area contributed by atoms with Crippen LogP contribution in [0.5, 0.6) is 5.75 Å². The molecular formula is C22H32IN5O2. The lowest BCUT2D eigenvalue weighted by molar-refractivity contribution is 0.169. The molecular weight excluding hydrogens is 493 g/mol. The first-order chi connectivity index (χ1) is 14.2. The zero-order valence-electron chi connectivity index (χ0n) is 17.8. The predicted octanol–water partition coefficient (Wildman–Crippen LogP) is 3.45. The number of nitrogens with one attached hydrogen (secondary N) is 1. The highest BCUT2D eigenvalue weighted by Gasteiger charge is 2.20. The first-order valence-corrected chi connectivity index (χ1v) is 10.2. The molecule has 1 aromatic carbocycles. The largest absolute Gasteiger partial charge is 0.489 e. The van der Waals surface area contributed by atoms with Crippen LogP contribution in [0.1, 0.15) is 23.9 Å². The van der Waals surface area contributed by atoms with E-state index in [9.17, 15) is 0 Å². The summed E-state index contributed by atoms with van der Waals surface area (Å²) in [7, 11) is 0. The first-order valence-electron chi connectivity index (χ1n) is 10.2. The molecule has 2 heterocycles. The van der Waals surface area contributed by atoms with Gasteiger partial charge in [0.15, 0.2) is 5.96 Å². The average Bonchev–Trinajstić information content (AvgIpc) is 3.15. The van der Waals surface area contributed by atoms with Crippen LogP contribution in [0.4, 0.5) is 0 Å². The smallest absolute Gasteiger partial charge is 0.194 e. The molecule has 1 saturated heterocycles. The van der Waals surface area contributed by atoms with Crippen LogP contribution in [0.3, 0.4) is 0 Å². The molecule has 164 valence electrons. The Hall–Kier alpha value is -2.07. The van der Waals surface area contributed by atoms with Crippen LogP contribution in [-0.2, 0) is 13.1 Å². The van der Waals surface area contributed by atoms with Crippen molar-refractivity contribution >= 4 is 29.9 Å². The number of para-hydroxylation sites is 1. The van der Waals surface area contributed by atoms with E-state index in [1.807, 2.05) is 31.2 Å². The van der Waals surface area contributed by atoms with Crippen molar-refractivity contribution in [2.45, 2.75) is 26.9 Å². The summed E-state index contributed by atoms with van der Waals surface area (Å²) in [6.07, 6.45) is 1.75. The van der Waals surface area contributed by atoms with E-state index in [4.69, 9.17) is 14.3 Å². The van der Waals surface area contributed by atoms with Crippen molar-refractivity contribution in [3.63, 3.8) is 0 Å². The van der Waals surface area contributed by atoms with Crippen molar-refractivity contribution in [2.24, 2.45) is 4.99 Å². The van der Waals surface area contributed by atoms with E-state index in [-0.39, 0.29) is 24.0 Å². The molecule has 0 bridgehead atoms. The molecule has 0 spiro atoms. The molecule has 7 nitrogen and oxygen atoms in total. The van der Waals surface area contributed by atoms with Crippen LogP contribution in [0, 0.1) is 6.92 Å². The van der Waals surface area contributed by atoms with Gasteiger partial charge in [-0.05, 0) is 19.9 Å². The standard InChI is InChI=1S/C22H31N5O2.HI/c1-4-14-28-21-9-7-6-8-19(21)16-24-22(23-5-2)27-12-10-26(11-13-27)17-20-15-18(3)29-25-20;/h4,6-9,15H,1,5,10-14,16-17H2,2-3H3,(H,23,24);1H. The lowest BCUT2D eigenvalue weighted by Crippen LogP contribution is -2.52. The second-order valence-electron chi connectivity index (χ2n) is 7.07. The molecule has 30 heavy (non-hydrogen) atoms. The van der Waals surface area contributed by atoms with E-state index in [1.165, 1.54) is 0 Å². The van der Waals surface area contributed by atoms with E-state index >= 15 is 0 Å². The number of hydrogen-bond donors (Lipinski definition) is 1. The van der Waals surface area contributed by atoms with Gasteiger partial charge in [-0.1, -0.05) is 36.0 Å². The minimum absolute atomic E-state index is 0. The lowest BCUT2D eigenvalue weighted by Gasteiger charge is -2.36. The maximum absolute atomic E-state index is 5.75. The molecule has 0 radical (unpaired) electrons. The Kier molecular flexibility index (Phi) is 10.2. The number of nitrogens with zero attached hydrogens (tertiary/aromatic N) is 4. The summed E-state index contributed by atoms with van der Waals surface area (Å²) in [4.78, 5) is 9.59. The highest BCUT2D eigenvalue weighted by molar-refractivity contribution is 14.0. The van der Waals surface area contributed by atoms with Crippen LogP contribution in [0.25, 0.3) is 0 Å². The van der Waals surface area contributed by atoms with Gasteiger partial charge in [-0.25, -0.2) is 4.99 Å².